The topological polar surface area (TPSA) is 28.2 Å². The van der Waals surface area contributed by atoms with Crippen LogP contribution in [0.3, 0.4) is 0 Å². The third kappa shape index (κ3) is 4.27. The average molecular weight is 310 g/mol. The number of nitrogens with zero attached hydrogens (tertiary/aromatic N) is 2. The fourth-order valence-corrected chi connectivity index (χ4v) is 2.09. The Morgan fingerprint density at radius 3 is 2.61 bits per heavy atom. The summed E-state index contributed by atoms with van der Waals surface area (Å²) < 4.78 is 0.997. The smallest absolute Gasteiger partial charge is 0.133 e. The maximum atomic E-state index is 4.51. The van der Waals surface area contributed by atoms with Crippen LogP contribution >= 0.6 is 15.9 Å². The molecule has 1 aromatic rings. The van der Waals surface area contributed by atoms with Crippen LogP contribution in [0.25, 0.3) is 0 Å². The van der Waals surface area contributed by atoms with Crippen LogP contribution in [0.15, 0.2) is 42.0 Å². The molecule has 0 unspecified atom stereocenters. The highest BCUT2D eigenvalue weighted by molar-refractivity contribution is 9.10. The summed E-state index contributed by atoms with van der Waals surface area (Å²) in [6.45, 7) is 12.9. The Bertz CT molecular complexity index is 394. The Morgan fingerprint density at radius 1 is 1.39 bits per heavy atom. The second-order valence-corrected chi connectivity index (χ2v) is 4.81. The van der Waals surface area contributed by atoms with Crippen LogP contribution in [0.2, 0.25) is 0 Å². The van der Waals surface area contributed by atoms with Gasteiger partial charge in [0.25, 0.3) is 0 Å². The Hall–Kier alpha value is -1.13. The molecule has 18 heavy (non-hydrogen) atoms. The van der Waals surface area contributed by atoms with Gasteiger partial charge in [0.1, 0.15) is 5.82 Å². The van der Waals surface area contributed by atoms with Crippen LogP contribution in [0.4, 0.5) is 5.82 Å². The summed E-state index contributed by atoms with van der Waals surface area (Å²) in [5.41, 5.74) is 1.18. The lowest BCUT2D eigenvalue weighted by Crippen LogP contribution is -2.26. The average Bonchev–Trinajstić information content (AvgIpc) is 2.36. The van der Waals surface area contributed by atoms with E-state index in [0.717, 1.165) is 36.5 Å². The molecule has 1 N–H and O–H groups in total. The number of hydrogen-bond donors (Lipinski definition) is 1. The van der Waals surface area contributed by atoms with Crippen LogP contribution in [0.1, 0.15) is 12.5 Å². The molecule has 0 radical (unpaired) electrons. The van der Waals surface area contributed by atoms with E-state index in [2.05, 4.69) is 57.3 Å². The van der Waals surface area contributed by atoms with E-state index in [1.165, 1.54) is 5.56 Å². The summed E-state index contributed by atoms with van der Waals surface area (Å²) >= 11 is 3.47. The van der Waals surface area contributed by atoms with E-state index in [9.17, 15) is 0 Å². The highest BCUT2D eigenvalue weighted by Crippen LogP contribution is 2.21. The molecule has 1 rings (SSSR count). The van der Waals surface area contributed by atoms with Crippen LogP contribution in [-0.4, -0.2) is 24.6 Å². The molecule has 0 aliphatic rings. The van der Waals surface area contributed by atoms with E-state index < -0.39 is 0 Å². The number of anilines is 1. The van der Waals surface area contributed by atoms with Gasteiger partial charge in [-0.2, -0.15) is 0 Å². The zero-order chi connectivity index (χ0) is 13.4. The molecule has 1 heterocycles. The molecule has 98 valence electrons. The molecule has 0 aliphatic heterocycles. The van der Waals surface area contributed by atoms with E-state index >= 15 is 0 Å². The maximum absolute atomic E-state index is 4.51. The second-order valence-electron chi connectivity index (χ2n) is 3.90. The summed E-state index contributed by atoms with van der Waals surface area (Å²) in [5.74, 6) is 0.985. The van der Waals surface area contributed by atoms with Crippen molar-refractivity contribution in [3.05, 3.63) is 47.6 Å². The minimum absolute atomic E-state index is 0.764. The fraction of sp³-hybridized carbons (Fsp3) is 0.357. The van der Waals surface area contributed by atoms with Crippen molar-refractivity contribution in [1.82, 2.24) is 10.3 Å². The summed E-state index contributed by atoms with van der Waals surface area (Å²) in [5, 5.41) is 3.33. The Morgan fingerprint density at radius 2 is 2.06 bits per heavy atom. The minimum Gasteiger partial charge on any atom is -0.349 e. The zero-order valence-corrected chi connectivity index (χ0v) is 12.4. The Balaban J connectivity index is 3.01. The van der Waals surface area contributed by atoms with Crippen molar-refractivity contribution in [2.24, 2.45) is 0 Å². The van der Waals surface area contributed by atoms with E-state index in [1.807, 2.05) is 18.3 Å². The second kappa shape index (κ2) is 8.06. The molecule has 0 saturated heterocycles. The lowest BCUT2D eigenvalue weighted by atomic mass is 10.2. The normalized spacial score (nSPS) is 10.1. The molecule has 4 heteroatoms. The fourth-order valence-electron chi connectivity index (χ4n) is 1.71. The summed E-state index contributed by atoms with van der Waals surface area (Å²) in [6.07, 6.45) is 5.58. The molecule has 0 fully saturated rings. The van der Waals surface area contributed by atoms with Gasteiger partial charge in [0.15, 0.2) is 0 Å². The molecule has 0 atom stereocenters. The first-order valence-corrected chi connectivity index (χ1v) is 6.84. The highest BCUT2D eigenvalue weighted by Gasteiger charge is 2.11. The molecule has 3 nitrogen and oxygen atoms in total. The molecular formula is C14H20BrN3. The van der Waals surface area contributed by atoms with Gasteiger partial charge in [-0.3, -0.25) is 0 Å². The summed E-state index contributed by atoms with van der Waals surface area (Å²) in [6, 6.07) is 2.10. The van der Waals surface area contributed by atoms with Gasteiger partial charge >= 0.3 is 0 Å². The third-order valence-corrected chi connectivity index (χ3v) is 2.91. The largest absolute Gasteiger partial charge is 0.349 e. The standard InChI is InChI=1S/C14H20BrN3/c1-4-7-18(8-5-2)14-12(10-16-6-3)9-13(15)11-17-14/h4-5,9,11,16H,1-2,6-8,10H2,3H3. The number of halogens is 1. The number of aromatic nitrogens is 1. The van der Waals surface area contributed by atoms with Gasteiger partial charge in [-0.05, 0) is 28.5 Å². The zero-order valence-electron chi connectivity index (χ0n) is 10.8. The molecule has 0 aliphatic carbocycles. The van der Waals surface area contributed by atoms with Crippen molar-refractivity contribution in [3.8, 4) is 0 Å². The predicted molar refractivity (Wildman–Crippen MR) is 81.9 cm³/mol. The van der Waals surface area contributed by atoms with Gasteiger partial charge < -0.3 is 10.2 Å². The minimum atomic E-state index is 0.764. The number of hydrogen-bond acceptors (Lipinski definition) is 3. The molecule has 0 bridgehead atoms. The lowest BCUT2D eigenvalue weighted by Gasteiger charge is -2.23. The van der Waals surface area contributed by atoms with Crippen molar-refractivity contribution in [2.45, 2.75) is 13.5 Å². The first-order chi connectivity index (χ1) is 8.72. The van der Waals surface area contributed by atoms with Crippen LogP contribution in [-0.2, 0) is 6.54 Å². The molecular weight excluding hydrogens is 290 g/mol. The molecule has 0 amide bonds. The van der Waals surface area contributed by atoms with Crippen LogP contribution in [0, 0.1) is 0 Å². The van der Waals surface area contributed by atoms with Gasteiger partial charge in [0.2, 0.25) is 0 Å². The predicted octanol–water partition coefficient (Wildman–Crippen LogP) is 3.13. The lowest BCUT2D eigenvalue weighted by molar-refractivity contribution is 0.719. The SMILES string of the molecule is C=CCN(CC=C)c1ncc(Br)cc1CNCC. The van der Waals surface area contributed by atoms with Gasteiger partial charge in [-0.15, -0.1) is 13.2 Å². The van der Waals surface area contributed by atoms with Gasteiger partial charge in [0, 0.05) is 35.9 Å². The number of rotatable bonds is 8. The highest BCUT2D eigenvalue weighted by atomic mass is 79.9. The quantitative estimate of drug-likeness (QED) is 0.748. The van der Waals surface area contributed by atoms with Gasteiger partial charge in [0.05, 0.1) is 0 Å². The van der Waals surface area contributed by atoms with Crippen molar-refractivity contribution in [1.29, 1.82) is 0 Å². The first-order valence-electron chi connectivity index (χ1n) is 6.04. The maximum Gasteiger partial charge on any atom is 0.133 e. The van der Waals surface area contributed by atoms with Crippen molar-refractivity contribution >= 4 is 21.7 Å². The molecule has 0 saturated carbocycles. The summed E-state index contributed by atoms with van der Waals surface area (Å²) in [7, 11) is 0. The molecule has 0 aromatic carbocycles. The van der Waals surface area contributed by atoms with Crippen LogP contribution < -0.4 is 10.2 Å². The van der Waals surface area contributed by atoms with E-state index in [4.69, 9.17) is 0 Å². The van der Waals surface area contributed by atoms with Gasteiger partial charge in [-0.25, -0.2) is 4.98 Å². The number of pyridine rings is 1. The van der Waals surface area contributed by atoms with E-state index in [-0.39, 0.29) is 0 Å². The van der Waals surface area contributed by atoms with Crippen molar-refractivity contribution in [3.63, 3.8) is 0 Å². The first kappa shape index (κ1) is 14.9. The number of nitrogens with one attached hydrogen (secondary N) is 1. The van der Waals surface area contributed by atoms with E-state index in [0.29, 0.717) is 0 Å². The summed E-state index contributed by atoms with van der Waals surface area (Å²) in [4.78, 5) is 6.66. The Labute approximate surface area is 118 Å². The third-order valence-electron chi connectivity index (χ3n) is 2.47. The van der Waals surface area contributed by atoms with Gasteiger partial charge in [-0.1, -0.05) is 19.1 Å². The molecule has 1 aromatic heterocycles. The Kier molecular flexibility index (Phi) is 6.68. The van der Waals surface area contributed by atoms with Crippen molar-refractivity contribution < 1.29 is 0 Å². The van der Waals surface area contributed by atoms with Crippen molar-refractivity contribution in [2.75, 3.05) is 24.5 Å². The van der Waals surface area contributed by atoms with Crippen LogP contribution in [0.5, 0.6) is 0 Å². The molecule has 0 spiro atoms. The monoisotopic (exact) mass is 309 g/mol. The van der Waals surface area contributed by atoms with E-state index in [1.54, 1.807) is 0 Å².